The number of carboxylic acid groups (broad SMARTS) is 1. The third-order valence-electron chi connectivity index (χ3n) is 9.76. The van der Waals surface area contributed by atoms with Crippen molar-refractivity contribution in [2.45, 2.75) is 81.4 Å². The van der Waals surface area contributed by atoms with Crippen molar-refractivity contribution in [2.75, 3.05) is 31.7 Å². The number of unbranched alkanes of at least 4 members (excludes halogenated alkanes) is 1. The van der Waals surface area contributed by atoms with E-state index in [2.05, 4.69) is 47.4 Å². The van der Waals surface area contributed by atoms with E-state index in [9.17, 15) is 51.6 Å². The van der Waals surface area contributed by atoms with Gasteiger partial charge in [0.1, 0.15) is 40.6 Å². The summed E-state index contributed by atoms with van der Waals surface area (Å²) >= 11 is 0. The summed E-state index contributed by atoms with van der Waals surface area (Å²) in [5, 5.41) is 28.8. The molecule has 65 heavy (non-hydrogen) atoms. The number of carboxylic acids is 1. The molecule has 6 amide bonds. The molecule has 1 aliphatic rings. The number of aliphatic carboxylic acids is 1. The standard InChI is InChI=1S/C42H54N10O12S/c1-25(2)37-42(60)50-31(41(59)49-32(21-36(54)55)39(57)46-24-35(53)48-30(40(58)51-37)9-5-6-17-43)20-26-11-14-29(15-12-26)64-19-7-18-44-38(56)28-13-16-34(45-22-28)52-47-23-27-8-3-4-10-33(27)65(61,62)63/h3-4,8,10-16,22-23,25,30-32,37H,5-7,9,17-21,24,43H2,1-2H3,(H,44,56)(H,45,52)(H,46,57)(H,48,53)(H,49,59)(H,50,60)(H,51,58)(H,54,55)(H,61,62,63)/t30?,31-,32-,37?/m1/s1. The average molecular weight is 923 g/mol. The molecule has 1 fully saturated rings. The third-order valence-corrected chi connectivity index (χ3v) is 10.7. The van der Waals surface area contributed by atoms with Crippen molar-refractivity contribution in [3.63, 3.8) is 0 Å². The molecular weight excluding hydrogens is 869 g/mol. The van der Waals surface area contributed by atoms with Crippen molar-refractivity contribution in [1.82, 2.24) is 36.9 Å². The highest BCUT2D eigenvalue weighted by atomic mass is 32.2. The number of hydrogen-bond donors (Lipinski definition) is 10. The summed E-state index contributed by atoms with van der Waals surface area (Å²) in [5.41, 5.74) is 9.20. The molecule has 0 bridgehead atoms. The first-order valence-electron chi connectivity index (χ1n) is 20.7. The smallest absolute Gasteiger partial charge is 0.305 e. The zero-order chi connectivity index (χ0) is 47.5. The fourth-order valence-electron chi connectivity index (χ4n) is 6.32. The molecule has 4 rings (SSSR count). The molecule has 22 nitrogen and oxygen atoms in total. The SMILES string of the molecule is CC(C)C1NC(=O)C(CCCCN)NC(=O)CNC(=O)[C@@H](CC(=O)O)NC(=O)[C@@H](Cc2ccc(OCCCNC(=O)c3ccc(NN=Cc4ccccc4S(=O)(=O)O)nc3)cc2)NC1=O. The van der Waals surface area contributed by atoms with E-state index in [-0.39, 0.29) is 47.8 Å². The van der Waals surface area contributed by atoms with Gasteiger partial charge in [0.25, 0.3) is 16.0 Å². The van der Waals surface area contributed by atoms with Crippen LogP contribution in [0.1, 0.15) is 67.4 Å². The van der Waals surface area contributed by atoms with Gasteiger partial charge in [0, 0.05) is 24.7 Å². The Morgan fingerprint density at radius 1 is 0.892 bits per heavy atom. The fraction of sp³-hybridized carbons (Fsp3) is 0.405. The Morgan fingerprint density at radius 3 is 2.26 bits per heavy atom. The van der Waals surface area contributed by atoms with E-state index in [4.69, 9.17) is 10.5 Å². The molecule has 1 saturated heterocycles. The molecule has 23 heteroatoms. The number of anilines is 1. The molecule has 0 saturated carbocycles. The van der Waals surface area contributed by atoms with Gasteiger partial charge in [-0.25, -0.2) is 4.98 Å². The lowest BCUT2D eigenvalue weighted by Crippen LogP contribution is -2.59. The first kappa shape index (κ1) is 50.7. The van der Waals surface area contributed by atoms with Gasteiger partial charge in [-0.3, -0.25) is 43.5 Å². The minimum absolute atomic E-state index is 0.115. The summed E-state index contributed by atoms with van der Waals surface area (Å²) in [4.78, 5) is 94.9. The molecule has 0 spiro atoms. The van der Waals surface area contributed by atoms with Crippen LogP contribution in [-0.2, 0) is 45.3 Å². The minimum atomic E-state index is -4.45. The number of nitrogens with two attached hydrogens (primary N) is 1. The van der Waals surface area contributed by atoms with Crippen LogP contribution in [-0.4, -0.2) is 121 Å². The second kappa shape index (κ2) is 24.8. The van der Waals surface area contributed by atoms with Crippen molar-refractivity contribution in [2.24, 2.45) is 16.8 Å². The number of pyridine rings is 1. The van der Waals surface area contributed by atoms with Crippen LogP contribution in [0.25, 0.3) is 0 Å². The van der Waals surface area contributed by atoms with Crippen LogP contribution in [0.4, 0.5) is 5.82 Å². The lowest BCUT2D eigenvalue weighted by molar-refractivity contribution is -0.141. The number of hydrogen-bond acceptors (Lipinski definition) is 14. The van der Waals surface area contributed by atoms with Gasteiger partial charge in [0.05, 0.1) is 31.4 Å². The molecule has 3 aromatic rings. The summed E-state index contributed by atoms with van der Waals surface area (Å²) in [6.07, 6.45) is 3.23. The molecule has 2 heterocycles. The van der Waals surface area contributed by atoms with Gasteiger partial charge >= 0.3 is 5.97 Å². The lowest BCUT2D eigenvalue weighted by Gasteiger charge is -2.27. The van der Waals surface area contributed by atoms with Gasteiger partial charge in [0.15, 0.2) is 0 Å². The maximum atomic E-state index is 13.8. The normalized spacial score (nSPS) is 18.9. The van der Waals surface area contributed by atoms with E-state index < -0.39 is 94.6 Å². The van der Waals surface area contributed by atoms with Crippen molar-refractivity contribution in [3.8, 4) is 5.75 Å². The average Bonchev–Trinajstić information content (AvgIpc) is 3.26. The number of nitrogens with one attached hydrogen (secondary N) is 7. The zero-order valence-electron chi connectivity index (χ0n) is 35.7. The Balaban J connectivity index is 1.35. The first-order valence-corrected chi connectivity index (χ1v) is 22.1. The minimum Gasteiger partial charge on any atom is -0.494 e. The van der Waals surface area contributed by atoms with Crippen LogP contribution in [0.3, 0.4) is 0 Å². The molecule has 4 atom stereocenters. The van der Waals surface area contributed by atoms with E-state index in [0.717, 1.165) is 0 Å². The van der Waals surface area contributed by atoms with E-state index in [1.165, 1.54) is 42.7 Å². The number of rotatable bonds is 19. The van der Waals surface area contributed by atoms with Gasteiger partial charge in [-0.2, -0.15) is 13.5 Å². The van der Waals surface area contributed by atoms with Crippen molar-refractivity contribution in [1.29, 1.82) is 0 Å². The third kappa shape index (κ3) is 16.6. The molecule has 2 unspecified atom stereocenters. The van der Waals surface area contributed by atoms with Gasteiger partial charge in [-0.15, -0.1) is 0 Å². The predicted molar refractivity (Wildman–Crippen MR) is 235 cm³/mol. The van der Waals surface area contributed by atoms with Gasteiger partial charge in [0.2, 0.25) is 29.5 Å². The van der Waals surface area contributed by atoms with Crippen LogP contribution in [0, 0.1) is 5.92 Å². The van der Waals surface area contributed by atoms with Gasteiger partial charge < -0.3 is 47.5 Å². The molecule has 350 valence electrons. The van der Waals surface area contributed by atoms with Crippen LogP contribution in [0.5, 0.6) is 5.75 Å². The Labute approximate surface area is 375 Å². The number of carbonyl (C=O) groups excluding carboxylic acids is 6. The number of aromatic nitrogens is 1. The van der Waals surface area contributed by atoms with Gasteiger partial charge in [-0.1, -0.05) is 44.2 Å². The number of nitrogens with zero attached hydrogens (tertiary/aromatic N) is 2. The Kier molecular flexibility index (Phi) is 19.3. The van der Waals surface area contributed by atoms with Gasteiger partial charge in [-0.05, 0) is 74.0 Å². The highest BCUT2D eigenvalue weighted by Gasteiger charge is 2.34. The number of carbonyl (C=O) groups is 7. The molecule has 2 aromatic carbocycles. The molecular formula is C42H54N10O12S. The van der Waals surface area contributed by atoms with Crippen LogP contribution in [0.15, 0.2) is 76.9 Å². The second-order valence-corrected chi connectivity index (χ2v) is 16.6. The highest BCUT2D eigenvalue weighted by Crippen LogP contribution is 2.16. The summed E-state index contributed by atoms with van der Waals surface area (Å²) in [5.74, 6) is -5.51. The zero-order valence-corrected chi connectivity index (χ0v) is 36.6. The second-order valence-electron chi connectivity index (χ2n) is 15.2. The number of benzene rings is 2. The predicted octanol–water partition coefficient (Wildman–Crippen LogP) is -0.156. The fourth-order valence-corrected chi connectivity index (χ4v) is 6.99. The number of ether oxygens (including phenoxy) is 1. The van der Waals surface area contributed by atoms with Crippen LogP contribution >= 0.6 is 0 Å². The maximum absolute atomic E-state index is 13.8. The quantitative estimate of drug-likeness (QED) is 0.0323. The largest absolute Gasteiger partial charge is 0.494 e. The van der Waals surface area contributed by atoms with Crippen LogP contribution in [0.2, 0.25) is 0 Å². The first-order chi connectivity index (χ1) is 30.9. The number of amides is 6. The van der Waals surface area contributed by atoms with Crippen LogP contribution < -0.4 is 47.8 Å². The Bertz CT molecular complexity index is 2290. The van der Waals surface area contributed by atoms with E-state index >= 15 is 0 Å². The Hall–Kier alpha value is -6.98. The van der Waals surface area contributed by atoms with E-state index in [1.807, 2.05) is 0 Å². The topological polar surface area (TPSA) is 339 Å². The lowest BCUT2D eigenvalue weighted by atomic mass is 9.99. The molecule has 1 aliphatic heterocycles. The number of hydrazone groups is 1. The summed E-state index contributed by atoms with van der Waals surface area (Å²) in [7, 11) is -4.45. The summed E-state index contributed by atoms with van der Waals surface area (Å²) in [6.45, 7) is 3.57. The molecule has 0 aliphatic carbocycles. The monoisotopic (exact) mass is 922 g/mol. The molecule has 1 aromatic heterocycles. The summed E-state index contributed by atoms with van der Waals surface area (Å²) in [6, 6.07) is 10.1. The molecule has 0 radical (unpaired) electrons. The summed E-state index contributed by atoms with van der Waals surface area (Å²) < 4.78 is 38.3. The highest BCUT2D eigenvalue weighted by molar-refractivity contribution is 7.86. The van der Waals surface area contributed by atoms with E-state index in [0.29, 0.717) is 37.1 Å². The van der Waals surface area contributed by atoms with Crippen molar-refractivity contribution in [3.05, 3.63) is 83.6 Å². The van der Waals surface area contributed by atoms with E-state index in [1.54, 1.807) is 44.2 Å². The van der Waals surface area contributed by atoms with Crippen molar-refractivity contribution < 1.29 is 56.4 Å². The maximum Gasteiger partial charge on any atom is 0.305 e. The van der Waals surface area contributed by atoms with Crippen molar-refractivity contribution >= 4 is 63.6 Å². The molecule has 11 N–H and O–H groups in total. The Morgan fingerprint density at radius 2 is 1.60 bits per heavy atom.